The van der Waals surface area contributed by atoms with E-state index in [1.807, 2.05) is 0 Å². The molecule has 0 saturated carbocycles. The number of amides is 1. The van der Waals surface area contributed by atoms with E-state index in [2.05, 4.69) is 20.3 Å². The topological polar surface area (TPSA) is 94.4 Å². The number of fused-ring (bicyclic) bond motifs is 1. The number of nitrogens with one attached hydrogen (secondary N) is 1. The standard InChI is InChI=1S/C15H9F3N4O3/c16-15(17,18)11-4-2-10(3-5-11)14(23)20-19-8-9-1-6-13-12(7-9)21-25-22(13)24/h1-8H,(H,20,23)/b19-8+. The van der Waals surface area contributed by atoms with Crippen LogP contribution in [0.3, 0.4) is 0 Å². The van der Waals surface area contributed by atoms with E-state index in [-0.39, 0.29) is 16.0 Å². The number of rotatable bonds is 3. The number of nitrogens with zero attached hydrogens (tertiary/aromatic N) is 3. The molecule has 10 heteroatoms. The molecule has 0 aliphatic carbocycles. The van der Waals surface area contributed by atoms with E-state index >= 15 is 0 Å². The molecule has 0 atom stereocenters. The van der Waals surface area contributed by atoms with Crippen LogP contribution >= 0.6 is 0 Å². The van der Waals surface area contributed by atoms with Gasteiger partial charge in [0.05, 0.1) is 11.8 Å². The van der Waals surface area contributed by atoms with E-state index in [9.17, 15) is 23.2 Å². The molecule has 1 aromatic heterocycles. The molecule has 0 saturated heterocycles. The Hall–Kier alpha value is -3.43. The summed E-state index contributed by atoms with van der Waals surface area (Å²) in [5.74, 6) is -0.662. The molecule has 1 amide bonds. The maximum Gasteiger partial charge on any atom is 0.416 e. The van der Waals surface area contributed by atoms with E-state index < -0.39 is 17.6 Å². The second kappa shape index (κ2) is 6.23. The van der Waals surface area contributed by atoms with Crippen LogP contribution in [-0.4, -0.2) is 17.3 Å². The van der Waals surface area contributed by atoms with Crippen molar-refractivity contribution in [2.45, 2.75) is 6.18 Å². The quantitative estimate of drug-likeness (QED) is 0.445. The van der Waals surface area contributed by atoms with Crippen LogP contribution in [0.5, 0.6) is 0 Å². The maximum atomic E-state index is 12.5. The van der Waals surface area contributed by atoms with Crippen LogP contribution in [-0.2, 0) is 6.18 Å². The summed E-state index contributed by atoms with van der Waals surface area (Å²) in [5.41, 5.74) is 2.48. The smallest absolute Gasteiger partial charge is 0.359 e. The van der Waals surface area contributed by atoms with Gasteiger partial charge in [0.1, 0.15) is 0 Å². The van der Waals surface area contributed by atoms with E-state index in [0.717, 1.165) is 24.3 Å². The minimum atomic E-state index is -4.46. The SMILES string of the molecule is O=C(N/N=C/c1ccc2c(c1)no[n+]2[O-])c1ccc(C(F)(F)F)cc1. The summed E-state index contributed by atoms with van der Waals surface area (Å²) >= 11 is 0. The van der Waals surface area contributed by atoms with Crippen molar-refractivity contribution in [1.82, 2.24) is 10.6 Å². The molecule has 128 valence electrons. The molecule has 7 nitrogen and oxygen atoms in total. The molecule has 0 unspecified atom stereocenters. The van der Waals surface area contributed by atoms with Crippen LogP contribution in [0.4, 0.5) is 13.2 Å². The molecular weight excluding hydrogens is 341 g/mol. The molecule has 2 aromatic carbocycles. The Morgan fingerprint density at radius 3 is 2.64 bits per heavy atom. The van der Waals surface area contributed by atoms with Gasteiger partial charge in [-0.25, -0.2) is 5.43 Å². The van der Waals surface area contributed by atoms with E-state index in [1.54, 1.807) is 6.07 Å². The Labute approximate surface area is 137 Å². The predicted octanol–water partition coefficient (Wildman–Crippen LogP) is 2.24. The fraction of sp³-hybridized carbons (Fsp3) is 0.0667. The van der Waals surface area contributed by atoms with Gasteiger partial charge in [-0.15, -0.1) is 0 Å². The summed E-state index contributed by atoms with van der Waals surface area (Å²) in [6.45, 7) is 0. The minimum Gasteiger partial charge on any atom is -0.359 e. The largest absolute Gasteiger partial charge is 0.416 e. The van der Waals surface area contributed by atoms with Crippen molar-refractivity contribution >= 4 is 23.2 Å². The summed E-state index contributed by atoms with van der Waals surface area (Å²) in [6.07, 6.45) is -3.17. The van der Waals surface area contributed by atoms with Gasteiger partial charge >= 0.3 is 6.18 Å². The molecule has 25 heavy (non-hydrogen) atoms. The van der Waals surface area contributed by atoms with Gasteiger partial charge in [0.2, 0.25) is 11.0 Å². The highest BCUT2D eigenvalue weighted by molar-refractivity contribution is 5.95. The number of alkyl halides is 3. The van der Waals surface area contributed by atoms with Crippen LogP contribution in [0.2, 0.25) is 0 Å². The lowest BCUT2D eigenvalue weighted by atomic mass is 10.1. The summed E-state index contributed by atoms with van der Waals surface area (Å²) in [6, 6.07) is 8.29. The van der Waals surface area contributed by atoms with Crippen molar-refractivity contribution in [3.05, 3.63) is 64.4 Å². The number of hydrazone groups is 1. The van der Waals surface area contributed by atoms with E-state index in [0.29, 0.717) is 11.1 Å². The fourth-order valence-corrected chi connectivity index (χ4v) is 2.01. The number of carbonyl (C=O) groups excluding carboxylic acids is 1. The number of hydrogen-bond acceptors (Lipinski definition) is 5. The highest BCUT2D eigenvalue weighted by Gasteiger charge is 2.30. The zero-order chi connectivity index (χ0) is 18.0. The highest BCUT2D eigenvalue weighted by Crippen LogP contribution is 2.29. The first-order valence-corrected chi connectivity index (χ1v) is 6.85. The molecule has 0 aliphatic heterocycles. The average molecular weight is 350 g/mol. The molecule has 1 heterocycles. The number of halogens is 3. The fourth-order valence-electron chi connectivity index (χ4n) is 2.01. The van der Waals surface area contributed by atoms with Crippen LogP contribution < -0.4 is 10.3 Å². The molecule has 0 fully saturated rings. The first-order chi connectivity index (χ1) is 11.8. The normalized spacial score (nSPS) is 12.0. The van der Waals surface area contributed by atoms with E-state index in [1.165, 1.54) is 18.3 Å². The lowest BCUT2D eigenvalue weighted by Gasteiger charge is -2.06. The van der Waals surface area contributed by atoms with E-state index in [4.69, 9.17) is 0 Å². The lowest BCUT2D eigenvalue weighted by molar-refractivity contribution is -0.782. The molecule has 0 bridgehead atoms. The zero-order valence-electron chi connectivity index (χ0n) is 12.3. The van der Waals surface area contributed by atoms with Crippen molar-refractivity contribution in [2.24, 2.45) is 5.10 Å². The van der Waals surface area contributed by atoms with Crippen LogP contribution in [0.1, 0.15) is 21.5 Å². The second-order valence-electron chi connectivity index (χ2n) is 4.95. The molecule has 3 rings (SSSR count). The van der Waals surface area contributed by atoms with Crippen molar-refractivity contribution in [1.29, 1.82) is 0 Å². The van der Waals surface area contributed by atoms with Crippen LogP contribution in [0.15, 0.2) is 52.2 Å². The van der Waals surface area contributed by atoms with Crippen LogP contribution in [0, 0.1) is 5.21 Å². The molecular formula is C15H9F3N4O3. The summed E-state index contributed by atoms with van der Waals surface area (Å²) in [4.78, 5) is 12.1. The van der Waals surface area contributed by atoms with Crippen molar-refractivity contribution in [2.75, 3.05) is 0 Å². The second-order valence-corrected chi connectivity index (χ2v) is 4.95. The van der Waals surface area contributed by atoms with Gasteiger partial charge in [-0.3, -0.25) is 9.42 Å². The third kappa shape index (κ3) is 3.57. The van der Waals surface area contributed by atoms with Crippen molar-refractivity contribution in [3.8, 4) is 0 Å². The monoisotopic (exact) mass is 350 g/mol. The molecule has 0 radical (unpaired) electrons. The number of carbonyl (C=O) groups is 1. The lowest BCUT2D eigenvalue weighted by Crippen LogP contribution is -2.22. The first-order valence-electron chi connectivity index (χ1n) is 6.85. The van der Waals surface area contributed by atoms with Gasteiger partial charge in [-0.1, -0.05) is 0 Å². The highest BCUT2D eigenvalue weighted by atomic mass is 19.4. The average Bonchev–Trinajstić information content (AvgIpc) is 2.95. The third-order valence-corrected chi connectivity index (χ3v) is 3.26. The summed E-state index contributed by atoms with van der Waals surface area (Å²) < 4.78 is 41.8. The summed E-state index contributed by atoms with van der Waals surface area (Å²) in [5, 5.41) is 18.4. The number of hydrogen-bond donors (Lipinski definition) is 1. The molecule has 1 N–H and O–H groups in total. The predicted molar refractivity (Wildman–Crippen MR) is 79.5 cm³/mol. The van der Waals surface area contributed by atoms with Gasteiger partial charge in [-0.05, 0) is 46.9 Å². The van der Waals surface area contributed by atoms with Crippen molar-refractivity contribution in [3.63, 3.8) is 0 Å². The Morgan fingerprint density at radius 1 is 1.24 bits per heavy atom. The van der Waals surface area contributed by atoms with Gasteiger partial charge < -0.3 is 5.21 Å². The summed E-state index contributed by atoms with van der Waals surface area (Å²) in [7, 11) is 0. The Kier molecular flexibility index (Phi) is 4.09. The molecule has 3 aromatic rings. The molecule has 0 spiro atoms. The van der Waals surface area contributed by atoms with Crippen molar-refractivity contribution < 1.29 is 27.5 Å². The van der Waals surface area contributed by atoms with Gasteiger partial charge in [-0.2, -0.15) is 18.3 Å². The molecule has 0 aliphatic rings. The Balaban J connectivity index is 1.67. The van der Waals surface area contributed by atoms with Gasteiger partial charge in [0, 0.05) is 16.8 Å². The zero-order valence-corrected chi connectivity index (χ0v) is 12.3. The third-order valence-electron chi connectivity index (χ3n) is 3.26. The number of aromatic nitrogens is 2. The van der Waals surface area contributed by atoms with Gasteiger partial charge in [0.25, 0.3) is 5.91 Å². The van der Waals surface area contributed by atoms with Crippen LogP contribution in [0.25, 0.3) is 11.0 Å². The van der Waals surface area contributed by atoms with Gasteiger partial charge in [0.15, 0.2) is 0 Å². The Bertz CT molecular complexity index is 949. The first kappa shape index (κ1) is 16.4. The maximum absolute atomic E-state index is 12.5. The Morgan fingerprint density at radius 2 is 1.96 bits per heavy atom. The minimum absolute atomic E-state index is 0.0319. The number of benzene rings is 2.